The Balaban J connectivity index is 1.80. The second kappa shape index (κ2) is 6.44. The molecule has 2 heterocycles. The molecule has 1 amide bonds. The minimum atomic E-state index is -0.307. The molecule has 118 valence electrons. The van der Waals surface area contributed by atoms with Gasteiger partial charge in [-0.2, -0.15) is 5.10 Å². The van der Waals surface area contributed by atoms with Crippen molar-refractivity contribution in [3.05, 3.63) is 51.9 Å². The number of thiophene rings is 1. The first-order valence-corrected chi connectivity index (χ1v) is 8.03. The highest BCUT2D eigenvalue weighted by molar-refractivity contribution is 7.15. The molecule has 23 heavy (non-hydrogen) atoms. The maximum atomic E-state index is 12.4. The van der Waals surface area contributed by atoms with E-state index < -0.39 is 0 Å². The van der Waals surface area contributed by atoms with Crippen molar-refractivity contribution >= 4 is 34.7 Å². The van der Waals surface area contributed by atoms with E-state index in [4.69, 9.17) is 16.3 Å². The van der Waals surface area contributed by atoms with Crippen LogP contribution in [-0.4, -0.2) is 23.2 Å². The zero-order chi connectivity index (χ0) is 16.4. The summed E-state index contributed by atoms with van der Waals surface area (Å²) in [5, 5.41) is 10.3. The average Bonchev–Trinajstić information content (AvgIpc) is 3.15. The van der Waals surface area contributed by atoms with Crippen molar-refractivity contribution in [3.8, 4) is 16.3 Å². The number of methoxy groups -OCH3 is 1. The van der Waals surface area contributed by atoms with Gasteiger partial charge in [-0.05, 0) is 37.3 Å². The van der Waals surface area contributed by atoms with Gasteiger partial charge in [0.2, 0.25) is 0 Å². The minimum absolute atomic E-state index is 0.307. The number of H-pyrrole nitrogens is 1. The third kappa shape index (κ3) is 3.38. The largest absolute Gasteiger partial charge is 0.496 e. The molecule has 2 aromatic heterocycles. The summed E-state index contributed by atoms with van der Waals surface area (Å²) in [6.07, 6.45) is 0. The smallest absolute Gasteiger partial charge is 0.260 e. The highest BCUT2D eigenvalue weighted by Crippen LogP contribution is 2.28. The van der Waals surface area contributed by atoms with Gasteiger partial charge in [-0.15, -0.1) is 11.3 Å². The summed E-state index contributed by atoms with van der Waals surface area (Å²) in [5.74, 6) is 0.562. The monoisotopic (exact) mass is 347 g/mol. The number of aromatic amines is 1. The summed E-state index contributed by atoms with van der Waals surface area (Å²) in [7, 11) is 1.49. The van der Waals surface area contributed by atoms with E-state index in [1.807, 2.05) is 19.1 Å². The molecular formula is C16H14ClN3O2S. The lowest BCUT2D eigenvalue weighted by atomic mass is 10.2. The molecule has 0 radical (unpaired) electrons. The fraction of sp³-hybridized carbons (Fsp3) is 0.125. The molecule has 0 bridgehead atoms. The number of nitrogens with zero attached hydrogens (tertiary/aromatic N) is 1. The second-order valence-electron chi connectivity index (χ2n) is 4.88. The van der Waals surface area contributed by atoms with Crippen molar-refractivity contribution in [1.82, 2.24) is 10.2 Å². The van der Waals surface area contributed by atoms with Gasteiger partial charge in [0, 0.05) is 16.0 Å². The number of anilines is 1. The van der Waals surface area contributed by atoms with Gasteiger partial charge < -0.3 is 10.1 Å². The van der Waals surface area contributed by atoms with Crippen LogP contribution >= 0.6 is 22.9 Å². The highest BCUT2D eigenvalue weighted by Gasteiger charge is 2.15. The quantitative estimate of drug-likeness (QED) is 0.736. The Morgan fingerprint density at radius 2 is 2.13 bits per heavy atom. The van der Waals surface area contributed by atoms with Crippen LogP contribution in [0.1, 0.15) is 15.2 Å². The molecule has 0 aliphatic heterocycles. The van der Waals surface area contributed by atoms with Crippen LogP contribution in [0, 0.1) is 6.92 Å². The lowest BCUT2D eigenvalue weighted by Crippen LogP contribution is -2.13. The Hall–Kier alpha value is -2.31. The van der Waals surface area contributed by atoms with Crippen LogP contribution in [0.5, 0.6) is 5.75 Å². The summed E-state index contributed by atoms with van der Waals surface area (Å²) in [6, 6.07) is 10.7. The van der Waals surface area contributed by atoms with Crippen LogP contribution in [0.2, 0.25) is 5.02 Å². The van der Waals surface area contributed by atoms with Crippen molar-refractivity contribution in [2.24, 2.45) is 0 Å². The van der Waals surface area contributed by atoms with Gasteiger partial charge >= 0.3 is 0 Å². The standard InChI is InChI=1S/C16H14ClN3O2S/c1-9-3-6-14(23-9)12-8-15(20-19-12)18-16(21)11-5-4-10(17)7-13(11)22-2/h3-8H,1-2H3,(H2,18,19,20,21). The molecule has 7 heteroatoms. The molecule has 0 aliphatic rings. The van der Waals surface area contributed by atoms with Crippen LogP contribution < -0.4 is 10.1 Å². The molecule has 2 N–H and O–H groups in total. The van der Waals surface area contributed by atoms with Crippen molar-refractivity contribution in [2.45, 2.75) is 6.92 Å². The first kappa shape index (κ1) is 15.6. The topological polar surface area (TPSA) is 67.0 Å². The van der Waals surface area contributed by atoms with E-state index in [-0.39, 0.29) is 5.91 Å². The van der Waals surface area contributed by atoms with Crippen LogP contribution in [0.4, 0.5) is 5.82 Å². The van der Waals surface area contributed by atoms with E-state index in [1.54, 1.807) is 35.6 Å². The molecule has 0 aliphatic carbocycles. The molecule has 0 saturated heterocycles. The van der Waals surface area contributed by atoms with Crippen molar-refractivity contribution in [2.75, 3.05) is 12.4 Å². The maximum Gasteiger partial charge on any atom is 0.260 e. The van der Waals surface area contributed by atoms with E-state index in [9.17, 15) is 4.79 Å². The predicted octanol–water partition coefficient (Wildman–Crippen LogP) is 4.36. The lowest BCUT2D eigenvalue weighted by molar-refractivity contribution is 0.102. The number of hydrogen-bond acceptors (Lipinski definition) is 4. The number of aryl methyl sites for hydroxylation is 1. The van der Waals surface area contributed by atoms with Crippen LogP contribution in [-0.2, 0) is 0 Å². The molecule has 1 aromatic carbocycles. The van der Waals surface area contributed by atoms with Crippen molar-refractivity contribution < 1.29 is 9.53 Å². The maximum absolute atomic E-state index is 12.4. The number of halogens is 1. The molecule has 5 nitrogen and oxygen atoms in total. The fourth-order valence-electron chi connectivity index (χ4n) is 2.13. The molecule has 0 atom stereocenters. The Morgan fingerprint density at radius 3 is 2.83 bits per heavy atom. The van der Waals surface area contributed by atoms with Gasteiger partial charge in [-0.25, -0.2) is 0 Å². The van der Waals surface area contributed by atoms with E-state index in [0.717, 1.165) is 10.6 Å². The molecule has 0 spiro atoms. The van der Waals surface area contributed by atoms with Crippen LogP contribution in [0.25, 0.3) is 10.6 Å². The summed E-state index contributed by atoms with van der Waals surface area (Å²) >= 11 is 7.56. The van der Waals surface area contributed by atoms with Crippen molar-refractivity contribution in [3.63, 3.8) is 0 Å². The van der Waals surface area contributed by atoms with Gasteiger partial charge in [0.15, 0.2) is 5.82 Å². The molecule has 3 rings (SSSR count). The molecule has 0 saturated carbocycles. The molecular weight excluding hydrogens is 334 g/mol. The van der Waals surface area contributed by atoms with Crippen molar-refractivity contribution in [1.29, 1.82) is 0 Å². The predicted molar refractivity (Wildman–Crippen MR) is 92.6 cm³/mol. The normalized spacial score (nSPS) is 10.6. The van der Waals surface area contributed by atoms with Crippen LogP contribution in [0.3, 0.4) is 0 Å². The van der Waals surface area contributed by atoms with Gasteiger partial charge in [-0.1, -0.05) is 11.6 Å². The molecule has 0 fully saturated rings. The Labute approximate surface area is 142 Å². The number of aromatic nitrogens is 2. The van der Waals surface area contributed by atoms with Gasteiger partial charge in [0.1, 0.15) is 5.75 Å². The number of nitrogens with one attached hydrogen (secondary N) is 2. The summed E-state index contributed by atoms with van der Waals surface area (Å²) < 4.78 is 5.19. The van der Waals surface area contributed by atoms with Gasteiger partial charge in [-0.3, -0.25) is 9.89 Å². The molecule has 0 unspecified atom stereocenters. The number of ether oxygens (including phenoxy) is 1. The Morgan fingerprint density at radius 1 is 1.30 bits per heavy atom. The van der Waals surface area contributed by atoms with E-state index in [1.165, 1.54) is 12.0 Å². The minimum Gasteiger partial charge on any atom is -0.496 e. The lowest BCUT2D eigenvalue weighted by Gasteiger charge is -2.08. The highest BCUT2D eigenvalue weighted by atomic mass is 35.5. The van der Waals surface area contributed by atoms with E-state index >= 15 is 0 Å². The Kier molecular flexibility index (Phi) is 4.36. The second-order valence-corrected chi connectivity index (χ2v) is 6.60. The SMILES string of the molecule is COc1cc(Cl)ccc1C(=O)Nc1cc(-c2ccc(C)s2)[nH]n1. The number of amides is 1. The third-order valence-corrected chi connectivity index (χ3v) is 4.50. The third-order valence-electron chi connectivity index (χ3n) is 3.23. The molecule has 3 aromatic rings. The number of hydrogen-bond donors (Lipinski definition) is 2. The fourth-order valence-corrected chi connectivity index (χ4v) is 3.12. The van der Waals surface area contributed by atoms with Gasteiger partial charge in [0.05, 0.1) is 23.2 Å². The summed E-state index contributed by atoms with van der Waals surface area (Å²) in [5.41, 5.74) is 1.26. The van der Waals surface area contributed by atoms with E-state index in [0.29, 0.717) is 22.2 Å². The summed E-state index contributed by atoms with van der Waals surface area (Å²) in [4.78, 5) is 14.7. The zero-order valence-electron chi connectivity index (χ0n) is 12.5. The first-order chi connectivity index (χ1) is 11.1. The Bertz CT molecular complexity index is 857. The number of carbonyl (C=O) groups is 1. The zero-order valence-corrected chi connectivity index (χ0v) is 14.1. The van der Waals surface area contributed by atoms with Crippen LogP contribution in [0.15, 0.2) is 36.4 Å². The summed E-state index contributed by atoms with van der Waals surface area (Å²) in [6.45, 7) is 2.04. The number of benzene rings is 1. The van der Waals surface area contributed by atoms with E-state index in [2.05, 4.69) is 15.5 Å². The first-order valence-electron chi connectivity index (χ1n) is 6.84. The van der Waals surface area contributed by atoms with Gasteiger partial charge in [0.25, 0.3) is 5.91 Å². The number of carbonyl (C=O) groups excluding carboxylic acids is 1. The average molecular weight is 348 g/mol. The number of rotatable bonds is 4.